The first-order valence-electron chi connectivity index (χ1n) is 8.81. The topological polar surface area (TPSA) is 32.8 Å². The van der Waals surface area contributed by atoms with Crippen LogP contribution in [-0.4, -0.2) is 60.6 Å². The van der Waals surface area contributed by atoms with Gasteiger partial charge in [0.1, 0.15) is 6.10 Å². The first-order chi connectivity index (χ1) is 11.1. The second-order valence-corrected chi connectivity index (χ2v) is 6.97. The van der Waals surface area contributed by atoms with Gasteiger partial charge in [0.2, 0.25) is 0 Å². The molecule has 2 heterocycles. The van der Waals surface area contributed by atoms with E-state index in [-0.39, 0.29) is 17.6 Å². The number of hydrogen-bond donors (Lipinski definition) is 0. The summed E-state index contributed by atoms with van der Waals surface area (Å²) in [7, 11) is 1.91. The van der Waals surface area contributed by atoms with Crippen molar-refractivity contribution in [3.8, 4) is 0 Å². The third-order valence-electron chi connectivity index (χ3n) is 5.27. The van der Waals surface area contributed by atoms with Gasteiger partial charge in [-0.1, -0.05) is 37.3 Å². The first-order valence-corrected chi connectivity index (χ1v) is 8.81. The number of hydrogen-bond acceptors (Lipinski definition) is 3. The van der Waals surface area contributed by atoms with E-state index in [1.807, 2.05) is 18.9 Å². The molecule has 4 nitrogen and oxygen atoms in total. The smallest absolute Gasteiger partial charge is 0.251 e. The van der Waals surface area contributed by atoms with Crippen LogP contribution in [0.2, 0.25) is 0 Å². The maximum absolute atomic E-state index is 12.1. The average molecular weight is 316 g/mol. The van der Waals surface area contributed by atoms with Crippen molar-refractivity contribution in [2.24, 2.45) is 0 Å². The summed E-state index contributed by atoms with van der Waals surface area (Å²) in [6.07, 6.45) is 3.67. The molecule has 1 atom stereocenters. The lowest BCUT2D eigenvalue weighted by Crippen LogP contribution is -2.60. The van der Waals surface area contributed by atoms with E-state index in [0.29, 0.717) is 0 Å². The van der Waals surface area contributed by atoms with E-state index in [2.05, 4.69) is 35.2 Å². The van der Waals surface area contributed by atoms with Crippen LogP contribution in [0.4, 0.5) is 0 Å². The minimum absolute atomic E-state index is 0.118. The number of piperidine rings is 1. The Bertz CT molecular complexity index is 523. The summed E-state index contributed by atoms with van der Waals surface area (Å²) < 4.78 is 6.24. The number of carbonyl (C=O) groups excluding carboxylic acids is 1. The number of ether oxygens (including phenoxy) is 1. The minimum atomic E-state index is -0.246. The van der Waals surface area contributed by atoms with Crippen molar-refractivity contribution in [2.45, 2.75) is 44.3 Å². The molecule has 23 heavy (non-hydrogen) atoms. The lowest BCUT2D eigenvalue weighted by molar-refractivity contribution is -0.190. The number of morpholine rings is 1. The Hall–Kier alpha value is -1.39. The fourth-order valence-electron chi connectivity index (χ4n) is 3.80. The highest BCUT2D eigenvalue weighted by atomic mass is 16.5. The molecule has 4 heteroatoms. The van der Waals surface area contributed by atoms with Crippen LogP contribution in [-0.2, 0) is 16.0 Å². The van der Waals surface area contributed by atoms with Crippen LogP contribution in [0.15, 0.2) is 30.3 Å². The molecule has 0 bridgehead atoms. The Kier molecular flexibility index (Phi) is 5.02. The molecule has 2 aliphatic rings. The van der Waals surface area contributed by atoms with Gasteiger partial charge in [-0.3, -0.25) is 4.79 Å². The molecule has 1 spiro atoms. The fraction of sp³-hybridized carbons (Fsp3) is 0.632. The first kappa shape index (κ1) is 16.5. The third-order valence-corrected chi connectivity index (χ3v) is 5.27. The zero-order valence-corrected chi connectivity index (χ0v) is 14.3. The van der Waals surface area contributed by atoms with Crippen LogP contribution in [0.3, 0.4) is 0 Å². The molecule has 1 unspecified atom stereocenters. The predicted octanol–water partition coefficient (Wildman–Crippen LogP) is 2.33. The Balaban J connectivity index is 1.52. The fourth-order valence-corrected chi connectivity index (χ4v) is 3.80. The van der Waals surface area contributed by atoms with Crippen molar-refractivity contribution >= 4 is 5.91 Å². The Morgan fingerprint density at radius 2 is 1.91 bits per heavy atom. The lowest BCUT2D eigenvalue weighted by atomic mass is 9.88. The molecule has 0 radical (unpaired) electrons. The van der Waals surface area contributed by atoms with E-state index in [4.69, 9.17) is 4.74 Å². The van der Waals surface area contributed by atoms with Crippen molar-refractivity contribution < 1.29 is 9.53 Å². The molecule has 126 valence electrons. The van der Waals surface area contributed by atoms with E-state index >= 15 is 0 Å². The summed E-state index contributed by atoms with van der Waals surface area (Å²) in [5.74, 6) is 0.143. The average Bonchev–Trinajstić information content (AvgIpc) is 2.59. The van der Waals surface area contributed by atoms with E-state index in [1.165, 1.54) is 5.56 Å². The molecule has 0 aromatic heterocycles. The Morgan fingerprint density at radius 3 is 2.57 bits per heavy atom. The van der Waals surface area contributed by atoms with Crippen LogP contribution >= 0.6 is 0 Å². The summed E-state index contributed by atoms with van der Waals surface area (Å²) in [5, 5.41) is 0. The number of likely N-dealkylation sites (N-methyl/N-ethyl adjacent to an activating group) is 1. The van der Waals surface area contributed by atoms with Gasteiger partial charge < -0.3 is 14.5 Å². The summed E-state index contributed by atoms with van der Waals surface area (Å²) in [4.78, 5) is 16.5. The molecule has 0 N–H and O–H groups in total. The van der Waals surface area contributed by atoms with Crippen LogP contribution in [0.5, 0.6) is 0 Å². The molecular weight excluding hydrogens is 288 g/mol. The molecule has 1 aromatic carbocycles. The quantitative estimate of drug-likeness (QED) is 0.855. The van der Waals surface area contributed by atoms with Gasteiger partial charge in [0.25, 0.3) is 5.91 Å². The summed E-state index contributed by atoms with van der Waals surface area (Å²) in [5.41, 5.74) is 1.28. The van der Waals surface area contributed by atoms with Crippen molar-refractivity contribution in [1.82, 2.24) is 9.80 Å². The van der Waals surface area contributed by atoms with Gasteiger partial charge in [0.05, 0.1) is 5.60 Å². The van der Waals surface area contributed by atoms with Crippen LogP contribution < -0.4 is 0 Å². The van der Waals surface area contributed by atoms with Gasteiger partial charge in [0.15, 0.2) is 0 Å². The number of nitrogens with zero attached hydrogens (tertiary/aromatic N) is 2. The van der Waals surface area contributed by atoms with Gasteiger partial charge >= 0.3 is 0 Å². The summed E-state index contributed by atoms with van der Waals surface area (Å²) >= 11 is 0. The van der Waals surface area contributed by atoms with Gasteiger partial charge in [-0.2, -0.15) is 0 Å². The molecule has 2 saturated heterocycles. The Labute approximate surface area is 139 Å². The van der Waals surface area contributed by atoms with Crippen molar-refractivity contribution in [2.75, 3.05) is 33.2 Å². The van der Waals surface area contributed by atoms with E-state index in [9.17, 15) is 4.79 Å². The normalized spacial score (nSPS) is 25.0. The van der Waals surface area contributed by atoms with Gasteiger partial charge in [0, 0.05) is 33.2 Å². The second-order valence-electron chi connectivity index (χ2n) is 6.97. The molecule has 2 aliphatic heterocycles. The van der Waals surface area contributed by atoms with Crippen molar-refractivity contribution in [3.05, 3.63) is 35.9 Å². The molecule has 1 aromatic rings. The Morgan fingerprint density at radius 1 is 1.22 bits per heavy atom. The lowest BCUT2D eigenvalue weighted by Gasteiger charge is -2.48. The van der Waals surface area contributed by atoms with E-state index in [1.54, 1.807) is 0 Å². The third kappa shape index (κ3) is 3.75. The maximum atomic E-state index is 12.1. The monoisotopic (exact) mass is 316 g/mol. The largest absolute Gasteiger partial charge is 0.360 e. The number of benzene rings is 1. The van der Waals surface area contributed by atoms with Crippen LogP contribution in [0.1, 0.15) is 31.7 Å². The maximum Gasteiger partial charge on any atom is 0.251 e. The summed E-state index contributed by atoms with van der Waals surface area (Å²) in [6, 6.07) is 10.7. The molecule has 1 amide bonds. The molecular formula is C19H28N2O2. The van der Waals surface area contributed by atoms with Crippen molar-refractivity contribution in [3.63, 3.8) is 0 Å². The molecule has 0 saturated carbocycles. The van der Waals surface area contributed by atoms with Gasteiger partial charge in [-0.15, -0.1) is 0 Å². The zero-order chi connectivity index (χ0) is 16.3. The SMILES string of the molecule is CCC1OC2(CCN(CCc3ccccc3)CC2)CN(C)C1=O. The number of rotatable bonds is 4. The second kappa shape index (κ2) is 7.02. The van der Waals surface area contributed by atoms with E-state index in [0.717, 1.165) is 51.9 Å². The van der Waals surface area contributed by atoms with Crippen molar-refractivity contribution in [1.29, 1.82) is 0 Å². The van der Waals surface area contributed by atoms with E-state index < -0.39 is 0 Å². The van der Waals surface area contributed by atoms with Crippen LogP contribution in [0, 0.1) is 0 Å². The van der Waals surface area contributed by atoms with Crippen LogP contribution in [0.25, 0.3) is 0 Å². The summed E-state index contributed by atoms with van der Waals surface area (Å²) in [6.45, 7) is 6.00. The predicted molar refractivity (Wildman–Crippen MR) is 91.4 cm³/mol. The molecule has 3 rings (SSSR count). The minimum Gasteiger partial charge on any atom is -0.360 e. The number of amides is 1. The molecule has 2 fully saturated rings. The molecule has 0 aliphatic carbocycles. The van der Waals surface area contributed by atoms with Gasteiger partial charge in [-0.25, -0.2) is 0 Å². The highest BCUT2D eigenvalue weighted by Gasteiger charge is 2.44. The highest BCUT2D eigenvalue weighted by Crippen LogP contribution is 2.33. The highest BCUT2D eigenvalue weighted by molar-refractivity contribution is 5.81. The van der Waals surface area contributed by atoms with Gasteiger partial charge in [-0.05, 0) is 31.2 Å². The standard InChI is InChI=1S/C19H28N2O2/c1-3-17-18(22)20(2)15-19(23-17)10-13-21(14-11-19)12-9-16-7-5-4-6-8-16/h4-8,17H,3,9-15H2,1-2H3. The zero-order valence-electron chi connectivity index (χ0n) is 14.3. The number of carbonyl (C=O) groups is 1. The number of likely N-dealkylation sites (tertiary alicyclic amines) is 1.